The summed E-state index contributed by atoms with van der Waals surface area (Å²) in [4.78, 5) is 15.0. The van der Waals surface area contributed by atoms with Crippen LogP contribution in [0.2, 0.25) is 0 Å². The Balaban J connectivity index is 1.77. The molecule has 0 aromatic heterocycles. The first-order valence-corrected chi connectivity index (χ1v) is 9.16. The Morgan fingerprint density at radius 3 is 2.54 bits per heavy atom. The molecule has 4 nitrogen and oxygen atoms in total. The Morgan fingerprint density at radius 1 is 1.21 bits per heavy atom. The second kappa shape index (κ2) is 8.65. The van der Waals surface area contributed by atoms with E-state index in [-0.39, 0.29) is 5.91 Å². The maximum atomic E-state index is 12.9. The zero-order chi connectivity index (χ0) is 16.8. The number of amides is 1. The molecule has 3 rings (SSSR count). The molecule has 1 amide bonds. The molecule has 0 unspecified atom stereocenters. The summed E-state index contributed by atoms with van der Waals surface area (Å²) < 4.78 is 5.43. The fourth-order valence-corrected chi connectivity index (χ4v) is 3.80. The minimum atomic E-state index is -0.434. The minimum Gasteiger partial charge on any atom is -0.379 e. The Labute approximate surface area is 148 Å². The van der Waals surface area contributed by atoms with Gasteiger partial charge in [-0.2, -0.15) is 0 Å². The van der Waals surface area contributed by atoms with E-state index in [0.717, 1.165) is 31.5 Å². The lowest BCUT2D eigenvalue weighted by atomic mass is 10.1. The van der Waals surface area contributed by atoms with Gasteiger partial charge >= 0.3 is 0 Å². The molecule has 2 aliphatic rings. The van der Waals surface area contributed by atoms with Crippen molar-refractivity contribution < 1.29 is 9.53 Å². The van der Waals surface area contributed by atoms with Gasteiger partial charge in [-0.1, -0.05) is 54.8 Å². The van der Waals surface area contributed by atoms with E-state index in [1.165, 1.54) is 12.8 Å². The zero-order valence-corrected chi connectivity index (χ0v) is 14.7. The van der Waals surface area contributed by atoms with Gasteiger partial charge in [0.2, 0.25) is 5.91 Å². The van der Waals surface area contributed by atoms with Crippen molar-refractivity contribution in [3.05, 3.63) is 40.9 Å². The third-order valence-electron chi connectivity index (χ3n) is 4.73. The molecule has 1 saturated carbocycles. The van der Waals surface area contributed by atoms with Crippen LogP contribution in [0.25, 0.3) is 6.08 Å². The van der Waals surface area contributed by atoms with Gasteiger partial charge in [-0.05, 0) is 24.5 Å². The molecule has 1 saturated heterocycles. The second-order valence-electron chi connectivity index (χ2n) is 6.48. The fourth-order valence-electron chi connectivity index (χ4n) is 3.44. The van der Waals surface area contributed by atoms with Crippen molar-refractivity contribution in [2.75, 3.05) is 26.3 Å². The van der Waals surface area contributed by atoms with Crippen molar-refractivity contribution >= 4 is 23.6 Å². The van der Waals surface area contributed by atoms with E-state index in [1.54, 1.807) is 0 Å². The summed E-state index contributed by atoms with van der Waals surface area (Å²) in [6, 6.07) is 9.76. The number of halogens is 1. The van der Waals surface area contributed by atoms with Crippen LogP contribution in [-0.4, -0.2) is 49.2 Å². The fraction of sp³-hybridized carbons (Fsp3) is 0.526. The highest BCUT2D eigenvalue weighted by molar-refractivity contribution is 6.34. The summed E-state index contributed by atoms with van der Waals surface area (Å²) in [5.41, 5.74) is 1.01. The molecule has 1 aliphatic carbocycles. The summed E-state index contributed by atoms with van der Waals surface area (Å²) in [5.74, 6) is 0.0148. The first-order chi connectivity index (χ1) is 11.7. The van der Waals surface area contributed by atoms with Crippen LogP contribution in [0, 0.1) is 0 Å². The van der Waals surface area contributed by atoms with Crippen molar-refractivity contribution in [3.8, 4) is 0 Å². The standard InChI is InChI=1S/C19H25ClN2O2/c20-17(14-15-6-2-1-3-7-15)18(22-10-12-24-13-11-22)19(23)21-16-8-4-5-9-16/h1-3,6-7,14,16,18H,4-5,8-13H2,(H,21,23)/b17-14-/t18-/m0/s1. The molecule has 1 heterocycles. The number of rotatable bonds is 5. The van der Waals surface area contributed by atoms with Gasteiger partial charge in [0.15, 0.2) is 0 Å². The molecule has 2 fully saturated rings. The van der Waals surface area contributed by atoms with Gasteiger partial charge < -0.3 is 10.1 Å². The maximum absolute atomic E-state index is 12.9. The highest BCUT2D eigenvalue weighted by Gasteiger charge is 2.31. The van der Waals surface area contributed by atoms with Gasteiger partial charge in [0, 0.05) is 24.2 Å². The van der Waals surface area contributed by atoms with E-state index in [2.05, 4.69) is 10.2 Å². The molecular formula is C19H25ClN2O2. The lowest BCUT2D eigenvalue weighted by Crippen LogP contribution is -2.52. The molecule has 1 N–H and O–H groups in total. The number of benzene rings is 1. The Morgan fingerprint density at radius 2 is 1.88 bits per heavy atom. The average molecular weight is 349 g/mol. The highest BCUT2D eigenvalue weighted by atomic mass is 35.5. The predicted octanol–water partition coefficient (Wildman–Crippen LogP) is 3.03. The molecule has 1 aromatic carbocycles. The Hall–Kier alpha value is -1.36. The first kappa shape index (κ1) is 17.5. The number of hydrogen-bond donors (Lipinski definition) is 1. The van der Waals surface area contributed by atoms with Crippen molar-refractivity contribution in [1.82, 2.24) is 10.2 Å². The quantitative estimate of drug-likeness (QED) is 0.889. The molecule has 130 valence electrons. The number of morpholine rings is 1. The lowest BCUT2D eigenvalue weighted by molar-refractivity contribution is -0.127. The number of hydrogen-bond acceptors (Lipinski definition) is 3. The third-order valence-corrected chi connectivity index (χ3v) is 5.04. The van der Waals surface area contributed by atoms with Gasteiger partial charge in [-0.25, -0.2) is 0 Å². The van der Waals surface area contributed by atoms with E-state index >= 15 is 0 Å². The largest absolute Gasteiger partial charge is 0.379 e. The number of nitrogens with one attached hydrogen (secondary N) is 1. The van der Waals surface area contributed by atoms with E-state index in [1.807, 2.05) is 36.4 Å². The molecule has 0 bridgehead atoms. The molecular weight excluding hydrogens is 324 g/mol. The monoisotopic (exact) mass is 348 g/mol. The van der Waals surface area contributed by atoms with Crippen LogP contribution in [0.5, 0.6) is 0 Å². The smallest absolute Gasteiger partial charge is 0.243 e. The average Bonchev–Trinajstić information content (AvgIpc) is 3.10. The van der Waals surface area contributed by atoms with Gasteiger partial charge in [0.05, 0.1) is 13.2 Å². The van der Waals surface area contributed by atoms with Crippen LogP contribution in [0.3, 0.4) is 0 Å². The van der Waals surface area contributed by atoms with Gasteiger partial charge in [-0.3, -0.25) is 9.69 Å². The van der Waals surface area contributed by atoms with E-state index < -0.39 is 6.04 Å². The van der Waals surface area contributed by atoms with Crippen LogP contribution in [0.1, 0.15) is 31.2 Å². The predicted molar refractivity (Wildman–Crippen MR) is 96.9 cm³/mol. The van der Waals surface area contributed by atoms with Gasteiger partial charge in [-0.15, -0.1) is 0 Å². The van der Waals surface area contributed by atoms with Gasteiger partial charge in [0.25, 0.3) is 0 Å². The lowest BCUT2D eigenvalue weighted by Gasteiger charge is -2.34. The molecule has 0 radical (unpaired) electrons. The second-order valence-corrected chi connectivity index (χ2v) is 6.92. The van der Waals surface area contributed by atoms with Crippen LogP contribution in [0.15, 0.2) is 35.4 Å². The van der Waals surface area contributed by atoms with Crippen molar-refractivity contribution in [1.29, 1.82) is 0 Å². The summed E-state index contributed by atoms with van der Waals surface area (Å²) in [6.45, 7) is 2.73. The maximum Gasteiger partial charge on any atom is 0.243 e. The van der Waals surface area contributed by atoms with Crippen molar-refractivity contribution in [2.45, 2.75) is 37.8 Å². The Kier molecular flexibility index (Phi) is 6.30. The number of carbonyl (C=O) groups is 1. The molecule has 24 heavy (non-hydrogen) atoms. The SMILES string of the molecule is O=C(NC1CCCC1)[C@H](/C(Cl)=C/c1ccccc1)N1CCOCC1. The Bertz CT molecular complexity index is 564. The molecule has 1 aromatic rings. The van der Waals surface area contributed by atoms with E-state index in [0.29, 0.717) is 24.3 Å². The third kappa shape index (κ3) is 4.59. The molecule has 0 spiro atoms. The highest BCUT2D eigenvalue weighted by Crippen LogP contribution is 2.23. The topological polar surface area (TPSA) is 41.6 Å². The summed E-state index contributed by atoms with van der Waals surface area (Å²) in [6.07, 6.45) is 6.43. The minimum absolute atomic E-state index is 0.0148. The molecule has 1 aliphatic heterocycles. The first-order valence-electron chi connectivity index (χ1n) is 8.78. The normalized spacial score (nSPS) is 21.6. The van der Waals surface area contributed by atoms with E-state index in [9.17, 15) is 4.79 Å². The van der Waals surface area contributed by atoms with Crippen LogP contribution in [0.4, 0.5) is 0 Å². The molecule has 5 heteroatoms. The van der Waals surface area contributed by atoms with Crippen LogP contribution >= 0.6 is 11.6 Å². The summed E-state index contributed by atoms with van der Waals surface area (Å²) >= 11 is 6.61. The number of ether oxygens (including phenoxy) is 1. The summed E-state index contributed by atoms with van der Waals surface area (Å²) in [7, 11) is 0. The number of nitrogens with zero attached hydrogens (tertiary/aromatic N) is 1. The molecule has 1 atom stereocenters. The van der Waals surface area contributed by atoms with Gasteiger partial charge in [0.1, 0.15) is 6.04 Å². The van der Waals surface area contributed by atoms with Crippen molar-refractivity contribution in [2.24, 2.45) is 0 Å². The van der Waals surface area contributed by atoms with Crippen molar-refractivity contribution in [3.63, 3.8) is 0 Å². The van der Waals surface area contributed by atoms with Crippen LogP contribution < -0.4 is 5.32 Å². The van der Waals surface area contributed by atoms with Crippen LogP contribution in [-0.2, 0) is 9.53 Å². The summed E-state index contributed by atoms with van der Waals surface area (Å²) in [5, 5.41) is 3.76. The number of carbonyl (C=O) groups excluding carboxylic acids is 1. The zero-order valence-electron chi connectivity index (χ0n) is 13.9. The van der Waals surface area contributed by atoms with E-state index in [4.69, 9.17) is 16.3 Å².